The summed E-state index contributed by atoms with van der Waals surface area (Å²) in [6.45, 7) is 3.86. The number of methoxy groups -OCH3 is 1. The molecule has 0 saturated heterocycles. The molecule has 0 aliphatic heterocycles. The fourth-order valence-electron chi connectivity index (χ4n) is 1.17. The minimum absolute atomic E-state index is 0.134. The second kappa shape index (κ2) is 13.2. The Balaban J connectivity index is 3.12. The van der Waals surface area contributed by atoms with E-state index in [2.05, 4.69) is 16.0 Å². The zero-order valence-corrected chi connectivity index (χ0v) is 10.9. The topological polar surface area (TPSA) is 71.6 Å². The molecule has 0 aromatic carbocycles. The van der Waals surface area contributed by atoms with E-state index in [0.29, 0.717) is 32.9 Å². The molecule has 0 spiro atoms. The van der Waals surface area contributed by atoms with Crippen molar-refractivity contribution in [2.24, 2.45) is 0 Å². The summed E-state index contributed by atoms with van der Waals surface area (Å²) in [6.07, 6.45) is 2.05. The summed E-state index contributed by atoms with van der Waals surface area (Å²) in [5.74, 6) is 0. The first kappa shape index (κ1) is 16.1. The summed E-state index contributed by atoms with van der Waals surface area (Å²) in [5, 5.41) is 8.56. The molecule has 0 rings (SSSR count). The van der Waals surface area contributed by atoms with Crippen molar-refractivity contribution in [1.29, 1.82) is 0 Å². The number of ether oxygens (including phenoxy) is 2. The second-order valence-corrected chi connectivity index (χ2v) is 3.60. The molecule has 17 heavy (non-hydrogen) atoms. The van der Waals surface area contributed by atoms with Crippen molar-refractivity contribution in [3.8, 4) is 0 Å². The lowest BCUT2D eigenvalue weighted by atomic mass is 10.3. The first-order chi connectivity index (χ1) is 8.31. The molecule has 0 heterocycles. The molecule has 0 saturated carbocycles. The van der Waals surface area contributed by atoms with Gasteiger partial charge in [-0.15, -0.1) is 0 Å². The maximum atomic E-state index is 11.2. The number of carbonyl (C=O) groups excluding carboxylic acids is 1. The second-order valence-electron chi connectivity index (χ2n) is 3.60. The molecule has 0 aliphatic carbocycles. The number of amides is 2. The smallest absolute Gasteiger partial charge is 0.314 e. The Labute approximate surface area is 103 Å². The van der Waals surface area contributed by atoms with Crippen LogP contribution in [0.5, 0.6) is 0 Å². The molecule has 102 valence electrons. The highest BCUT2D eigenvalue weighted by Gasteiger charge is 1.97. The van der Waals surface area contributed by atoms with E-state index >= 15 is 0 Å². The van der Waals surface area contributed by atoms with Crippen LogP contribution in [-0.2, 0) is 9.47 Å². The lowest BCUT2D eigenvalue weighted by Crippen LogP contribution is -2.38. The van der Waals surface area contributed by atoms with Crippen LogP contribution in [0.3, 0.4) is 0 Å². The number of unbranched alkanes of at least 4 members (excludes halogenated alkanes) is 1. The molecule has 3 N–H and O–H groups in total. The molecule has 0 atom stereocenters. The molecule has 0 radical (unpaired) electrons. The van der Waals surface area contributed by atoms with Crippen LogP contribution in [0.15, 0.2) is 0 Å². The fraction of sp³-hybridized carbons (Fsp3) is 0.909. The largest absolute Gasteiger partial charge is 0.382 e. The first-order valence-electron chi connectivity index (χ1n) is 6.04. The lowest BCUT2D eigenvalue weighted by Gasteiger charge is -2.08. The predicted molar refractivity (Wildman–Crippen MR) is 67.3 cm³/mol. The third-order valence-electron chi connectivity index (χ3n) is 2.10. The third-order valence-corrected chi connectivity index (χ3v) is 2.10. The van der Waals surface area contributed by atoms with E-state index in [4.69, 9.17) is 9.47 Å². The van der Waals surface area contributed by atoms with E-state index < -0.39 is 0 Å². The van der Waals surface area contributed by atoms with E-state index in [-0.39, 0.29) is 6.03 Å². The molecule has 0 aliphatic rings. The maximum Gasteiger partial charge on any atom is 0.314 e. The van der Waals surface area contributed by atoms with Gasteiger partial charge in [0.2, 0.25) is 0 Å². The molecule has 0 fully saturated rings. The van der Waals surface area contributed by atoms with Gasteiger partial charge in [0.1, 0.15) is 0 Å². The van der Waals surface area contributed by atoms with E-state index in [1.54, 1.807) is 7.11 Å². The summed E-state index contributed by atoms with van der Waals surface area (Å²) in [4.78, 5) is 11.2. The van der Waals surface area contributed by atoms with Crippen LogP contribution < -0.4 is 16.0 Å². The van der Waals surface area contributed by atoms with E-state index in [1.165, 1.54) is 0 Å². The van der Waals surface area contributed by atoms with E-state index in [9.17, 15) is 4.79 Å². The van der Waals surface area contributed by atoms with Crippen molar-refractivity contribution in [1.82, 2.24) is 16.0 Å². The molecule has 2 amide bonds. The van der Waals surface area contributed by atoms with Gasteiger partial charge in [-0.05, 0) is 26.4 Å². The minimum atomic E-state index is -0.134. The van der Waals surface area contributed by atoms with Crippen molar-refractivity contribution in [2.75, 3.05) is 53.6 Å². The number of carbonyl (C=O) groups is 1. The van der Waals surface area contributed by atoms with Gasteiger partial charge in [-0.3, -0.25) is 0 Å². The Morgan fingerprint density at radius 1 is 1.00 bits per heavy atom. The first-order valence-corrected chi connectivity index (χ1v) is 6.04. The average molecular weight is 247 g/mol. The van der Waals surface area contributed by atoms with Gasteiger partial charge in [0, 0.05) is 20.2 Å². The van der Waals surface area contributed by atoms with Crippen molar-refractivity contribution in [2.45, 2.75) is 12.8 Å². The monoisotopic (exact) mass is 247 g/mol. The molecule has 6 nitrogen and oxygen atoms in total. The molecule has 6 heteroatoms. The van der Waals surface area contributed by atoms with Crippen molar-refractivity contribution >= 4 is 6.03 Å². The summed E-state index contributed by atoms with van der Waals surface area (Å²) in [5.41, 5.74) is 0. The maximum absolute atomic E-state index is 11.2. The van der Waals surface area contributed by atoms with Gasteiger partial charge in [0.15, 0.2) is 0 Å². The minimum Gasteiger partial charge on any atom is -0.382 e. The quantitative estimate of drug-likeness (QED) is 0.448. The SMILES string of the molecule is CNCCCCNC(=O)NCCOCCOC. The highest BCUT2D eigenvalue weighted by molar-refractivity contribution is 5.73. The van der Waals surface area contributed by atoms with Gasteiger partial charge < -0.3 is 25.4 Å². The van der Waals surface area contributed by atoms with Crippen LogP contribution in [0.4, 0.5) is 4.79 Å². The molecule has 0 unspecified atom stereocenters. The number of urea groups is 1. The summed E-state index contributed by atoms with van der Waals surface area (Å²) in [6, 6.07) is -0.134. The number of rotatable bonds is 11. The van der Waals surface area contributed by atoms with Gasteiger partial charge in [-0.2, -0.15) is 0 Å². The Kier molecular flexibility index (Phi) is 12.6. The van der Waals surface area contributed by atoms with Crippen molar-refractivity contribution in [3.63, 3.8) is 0 Å². The van der Waals surface area contributed by atoms with Crippen LogP contribution in [0.1, 0.15) is 12.8 Å². The van der Waals surface area contributed by atoms with Crippen LogP contribution in [0.2, 0.25) is 0 Å². The van der Waals surface area contributed by atoms with Gasteiger partial charge >= 0.3 is 6.03 Å². The Hall–Kier alpha value is -0.850. The Morgan fingerprint density at radius 2 is 1.71 bits per heavy atom. The van der Waals surface area contributed by atoms with Crippen LogP contribution in [-0.4, -0.2) is 59.6 Å². The third kappa shape index (κ3) is 13.1. The van der Waals surface area contributed by atoms with Gasteiger partial charge in [-0.25, -0.2) is 4.79 Å². The number of hydrogen-bond acceptors (Lipinski definition) is 4. The summed E-state index contributed by atoms with van der Waals surface area (Å²) in [7, 11) is 3.55. The Morgan fingerprint density at radius 3 is 2.41 bits per heavy atom. The Bertz CT molecular complexity index is 179. The molecular weight excluding hydrogens is 222 g/mol. The normalized spacial score (nSPS) is 10.2. The van der Waals surface area contributed by atoms with Gasteiger partial charge in [-0.1, -0.05) is 0 Å². The highest BCUT2D eigenvalue weighted by atomic mass is 16.5. The highest BCUT2D eigenvalue weighted by Crippen LogP contribution is 1.83. The molecular formula is C11H25N3O3. The summed E-state index contributed by atoms with van der Waals surface area (Å²) >= 11 is 0. The molecule has 0 aromatic heterocycles. The van der Waals surface area contributed by atoms with Crippen LogP contribution in [0, 0.1) is 0 Å². The van der Waals surface area contributed by atoms with Crippen molar-refractivity contribution in [3.05, 3.63) is 0 Å². The number of hydrogen-bond donors (Lipinski definition) is 3. The van der Waals surface area contributed by atoms with Gasteiger partial charge in [0.05, 0.1) is 19.8 Å². The average Bonchev–Trinajstić information content (AvgIpc) is 2.33. The standard InChI is InChI=1S/C11H25N3O3/c1-12-5-3-4-6-13-11(15)14-7-8-17-10-9-16-2/h12H,3-10H2,1-2H3,(H2,13,14,15). The number of nitrogens with one attached hydrogen (secondary N) is 3. The van der Waals surface area contributed by atoms with Crippen LogP contribution >= 0.6 is 0 Å². The molecule has 0 bridgehead atoms. The van der Waals surface area contributed by atoms with E-state index in [1.807, 2.05) is 7.05 Å². The van der Waals surface area contributed by atoms with Crippen molar-refractivity contribution < 1.29 is 14.3 Å². The zero-order chi connectivity index (χ0) is 12.8. The van der Waals surface area contributed by atoms with Gasteiger partial charge in [0.25, 0.3) is 0 Å². The van der Waals surface area contributed by atoms with Crippen LogP contribution in [0.25, 0.3) is 0 Å². The zero-order valence-electron chi connectivity index (χ0n) is 10.9. The van der Waals surface area contributed by atoms with E-state index in [0.717, 1.165) is 19.4 Å². The predicted octanol–water partition coefficient (Wildman–Crippen LogP) is -0.0518. The lowest BCUT2D eigenvalue weighted by molar-refractivity contribution is 0.0726. The fourth-order valence-corrected chi connectivity index (χ4v) is 1.17. The summed E-state index contributed by atoms with van der Waals surface area (Å²) < 4.78 is 10.0. The molecule has 0 aromatic rings.